The van der Waals surface area contributed by atoms with E-state index in [0.717, 1.165) is 5.69 Å². The Morgan fingerprint density at radius 3 is 2.80 bits per heavy atom. The molecule has 9 nitrogen and oxygen atoms in total. The molecule has 3 aromatic rings. The van der Waals surface area contributed by atoms with Crippen LogP contribution in [0.4, 0.5) is 11.9 Å². The van der Waals surface area contributed by atoms with Crippen LogP contribution in [-0.4, -0.2) is 34.5 Å². The molecule has 0 aliphatic heterocycles. The van der Waals surface area contributed by atoms with Crippen molar-refractivity contribution < 1.29 is 0 Å². The minimum atomic E-state index is 0.137. The molecule has 0 saturated carbocycles. The highest BCUT2D eigenvalue weighted by Gasteiger charge is 2.07. The average molecular weight is 271 g/mol. The van der Waals surface area contributed by atoms with Gasteiger partial charge in [0, 0.05) is 25.6 Å². The first-order valence-corrected chi connectivity index (χ1v) is 5.95. The number of nitrogen functional groups attached to an aromatic ring is 1. The third-order valence-corrected chi connectivity index (χ3v) is 2.70. The zero-order valence-electron chi connectivity index (χ0n) is 10.8. The highest BCUT2D eigenvalue weighted by atomic mass is 15.4. The van der Waals surface area contributed by atoms with E-state index in [-0.39, 0.29) is 5.95 Å². The SMILES string of the molecule is Cn1nccc1CNc1nc(N)nc(-n2cccn2)n1. The summed E-state index contributed by atoms with van der Waals surface area (Å²) in [5.41, 5.74) is 6.69. The molecule has 0 bridgehead atoms. The van der Waals surface area contributed by atoms with E-state index in [1.165, 1.54) is 4.68 Å². The van der Waals surface area contributed by atoms with Gasteiger partial charge in [0.15, 0.2) is 0 Å². The molecular weight excluding hydrogens is 258 g/mol. The van der Waals surface area contributed by atoms with Crippen LogP contribution in [0.3, 0.4) is 0 Å². The molecule has 0 saturated heterocycles. The summed E-state index contributed by atoms with van der Waals surface area (Å²) in [5, 5.41) is 11.2. The lowest BCUT2D eigenvalue weighted by molar-refractivity contribution is 0.718. The summed E-state index contributed by atoms with van der Waals surface area (Å²) >= 11 is 0. The van der Waals surface area contributed by atoms with Crippen LogP contribution in [0.15, 0.2) is 30.7 Å². The van der Waals surface area contributed by atoms with Crippen molar-refractivity contribution >= 4 is 11.9 Å². The minimum Gasteiger partial charge on any atom is -0.368 e. The molecular formula is C11H13N9. The van der Waals surface area contributed by atoms with E-state index >= 15 is 0 Å². The highest BCUT2D eigenvalue weighted by Crippen LogP contribution is 2.07. The van der Waals surface area contributed by atoms with Crippen LogP contribution in [0.1, 0.15) is 5.69 Å². The van der Waals surface area contributed by atoms with E-state index in [1.807, 2.05) is 13.1 Å². The van der Waals surface area contributed by atoms with Gasteiger partial charge in [-0.1, -0.05) is 0 Å². The summed E-state index contributed by atoms with van der Waals surface area (Å²) in [6, 6.07) is 3.69. The Hall–Kier alpha value is -2.97. The maximum Gasteiger partial charge on any atom is 0.257 e. The Morgan fingerprint density at radius 1 is 1.20 bits per heavy atom. The lowest BCUT2D eigenvalue weighted by atomic mass is 10.4. The lowest BCUT2D eigenvalue weighted by Gasteiger charge is -2.07. The third-order valence-electron chi connectivity index (χ3n) is 2.70. The number of anilines is 2. The van der Waals surface area contributed by atoms with E-state index in [4.69, 9.17) is 5.73 Å². The van der Waals surface area contributed by atoms with Crippen molar-refractivity contribution in [2.45, 2.75) is 6.54 Å². The largest absolute Gasteiger partial charge is 0.368 e. The maximum absolute atomic E-state index is 5.68. The number of rotatable bonds is 4. The number of aromatic nitrogens is 7. The Kier molecular flexibility index (Phi) is 2.99. The summed E-state index contributed by atoms with van der Waals surface area (Å²) in [6.07, 6.45) is 5.11. The molecule has 3 N–H and O–H groups in total. The van der Waals surface area contributed by atoms with Gasteiger partial charge in [0.25, 0.3) is 5.95 Å². The molecule has 3 heterocycles. The molecule has 0 fully saturated rings. The first-order valence-electron chi connectivity index (χ1n) is 5.95. The smallest absolute Gasteiger partial charge is 0.257 e. The van der Waals surface area contributed by atoms with E-state index in [0.29, 0.717) is 18.4 Å². The summed E-state index contributed by atoms with van der Waals surface area (Å²) in [7, 11) is 1.87. The summed E-state index contributed by atoms with van der Waals surface area (Å²) < 4.78 is 3.29. The van der Waals surface area contributed by atoms with E-state index in [1.54, 1.807) is 29.3 Å². The van der Waals surface area contributed by atoms with Gasteiger partial charge in [-0.3, -0.25) is 4.68 Å². The van der Waals surface area contributed by atoms with Crippen molar-refractivity contribution in [2.75, 3.05) is 11.1 Å². The average Bonchev–Trinajstić information content (AvgIpc) is 3.07. The minimum absolute atomic E-state index is 0.137. The molecule has 3 rings (SSSR count). The molecule has 9 heteroatoms. The number of hydrogen-bond donors (Lipinski definition) is 2. The van der Waals surface area contributed by atoms with Crippen LogP contribution in [-0.2, 0) is 13.6 Å². The van der Waals surface area contributed by atoms with Gasteiger partial charge in [0.2, 0.25) is 11.9 Å². The van der Waals surface area contributed by atoms with Gasteiger partial charge >= 0.3 is 0 Å². The fraction of sp³-hybridized carbons (Fsp3) is 0.182. The van der Waals surface area contributed by atoms with Crippen molar-refractivity contribution in [3.05, 3.63) is 36.4 Å². The summed E-state index contributed by atoms with van der Waals surface area (Å²) in [5.74, 6) is 0.900. The summed E-state index contributed by atoms with van der Waals surface area (Å²) in [6.45, 7) is 0.540. The van der Waals surface area contributed by atoms with Crippen LogP contribution < -0.4 is 11.1 Å². The van der Waals surface area contributed by atoms with Gasteiger partial charge in [-0.15, -0.1) is 0 Å². The molecule has 0 aromatic carbocycles. The third kappa shape index (κ3) is 2.41. The molecule has 0 unspecified atom stereocenters. The van der Waals surface area contributed by atoms with E-state index in [9.17, 15) is 0 Å². The van der Waals surface area contributed by atoms with Crippen molar-refractivity contribution in [2.24, 2.45) is 7.05 Å². The van der Waals surface area contributed by atoms with Crippen LogP contribution in [0, 0.1) is 0 Å². The number of hydrogen-bond acceptors (Lipinski definition) is 7. The first-order chi connectivity index (χ1) is 9.72. The van der Waals surface area contributed by atoms with E-state index in [2.05, 4.69) is 30.5 Å². The normalized spacial score (nSPS) is 10.7. The predicted octanol–water partition coefficient (Wildman–Crippen LogP) is -0.0149. The molecule has 0 aliphatic carbocycles. The molecule has 0 amide bonds. The number of nitrogens with two attached hydrogens (primary N) is 1. The van der Waals surface area contributed by atoms with Crippen molar-refractivity contribution in [1.82, 2.24) is 34.5 Å². The van der Waals surface area contributed by atoms with Crippen LogP contribution >= 0.6 is 0 Å². The fourth-order valence-corrected chi connectivity index (χ4v) is 1.69. The molecule has 0 aliphatic rings. The van der Waals surface area contributed by atoms with E-state index < -0.39 is 0 Å². The fourth-order valence-electron chi connectivity index (χ4n) is 1.69. The monoisotopic (exact) mass is 271 g/mol. The zero-order chi connectivity index (χ0) is 13.9. The van der Waals surface area contributed by atoms with Gasteiger partial charge in [-0.25, -0.2) is 4.68 Å². The quantitative estimate of drug-likeness (QED) is 0.686. The molecule has 20 heavy (non-hydrogen) atoms. The first kappa shape index (κ1) is 12.1. The highest BCUT2D eigenvalue weighted by molar-refractivity contribution is 5.35. The van der Waals surface area contributed by atoms with Crippen LogP contribution in [0.2, 0.25) is 0 Å². The molecule has 0 atom stereocenters. The van der Waals surface area contributed by atoms with Crippen LogP contribution in [0.5, 0.6) is 0 Å². The van der Waals surface area contributed by atoms with Crippen molar-refractivity contribution in [1.29, 1.82) is 0 Å². The Labute approximate surface area is 114 Å². The molecule has 102 valence electrons. The molecule has 0 spiro atoms. The Balaban J connectivity index is 1.81. The van der Waals surface area contributed by atoms with Gasteiger partial charge < -0.3 is 11.1 Å². The Bertz CT molecular complexity index is 701. The van der Waals surface area contributed by atoms with Gasteiger partial charge in [-0.05, 0) is 12.1 Å². The lowest BCUT2D eigenvalue weighted by Crippen LogP contribution is -2.12. The number of aryl methyl sites for hydroxylation is 1. The maximum atomic E-state index is 5.68. The predicted molar refractivity (Wildman–Crippen MR) is 71.9 cm³/mol. The molecule has 0 radical (unpaired) electrons. The zero-order valence-corrected chi connectivity index (χ0v) is 10.8. The standard InChI is InChI=1S/C11H13N9/c1-19-8(3-5-14-19)7-13-10-16-9(12)17-11(18-10)20-6-2-4-15-20/h2-6H,7H2,1H3,(H3,12,13,16,17,18). The topological polar surface area (TPSA) is 112 Å². The second kappa shape index (κ2) is 4.96. The van der Waals surface area contributed by atoms with Crippen molar-refractivity contribution in [3.8, 4) is 5.95 Å². The Morgan fingerprint density at radius 2 is 2.10 bits per heavy atom. The second-order valence-electron chi connectivity index (χ2n) is 4.07. The van der Waals surface area contributed by atoms with Crippen molar-refractivity contribution in [3.63, 3.8) is 0 Å². The summed E-state index contributed by atoms with van der Waals surface area (Å²) in [4.78, 5) is 12.3. The molecule has 3 aromatic heterocycles. The van der Waals surface area contributed by atoms with Gasteiger partial charge in [0.05, 0.1) is 12.2 Å². The van der Waals surface area contributed by atoms with Gasteiger partial charge in [0.1, 0.15) is 0 Å². The van der Waals surface area contributed by atoms with Crippen LogP contribution in [0.25, 0.3) is 5.95 Å². The number of nitrogens with zero attached hydrogens (tertiary/aromatic N) is 7. The number of nitrogens with one attached hydrogen (secondary N) is 1. The van der Waals surface area contributed by atoms with Gasteiger partial charge in [-0.2, -0.15) is 25.1 Å². The second-order valence-corrected chi connectivity index (χ2v) is 4.07.